The lowest BCUT2D eigenvalue weighted by atomic mass is 10.2. The molecular formula is C17H10BrCl2NO3S. The number of carbonyl (C=O) groups is 2. The van der Waals surface area contributed by atoms with Gasteiger partial charge in [-0.1, -0.05) is 45.2 Å². The van der Waals surface area contributed by atoms with Gasteiger partial charge >= 0.3 is 0 Å². The predicted octanol–water partition coefficient (Wildman–Crippen LogP) is 5.66. The molecule has 25 heavy (non-hydrogen) atoms. The monoisotopic (exact) mass is 457 g/mol. The van der Waals surface area contributed by atoms with Crippen LogP contribution in [0.15, 0.2) is 45.8 Å². The van der Waals surface area contributed by atoms with Gasteiger partial charge in [0.1, 0.15) is 12.4 Å². The summed E-state index contributed by atoms with van der Waals surface area (Å²) in [5.74, 6) is 0.149. The van der Waals surface area contributed by atoms with Crippen molar-refractivity contribution < 1.29 is 14.3 Å². The molecule has 3 rings (SSSR count). The molecule has 0 radical (unpaired) electrons. The van der Waals surface area contributed by atoms with Crippen molar-refractivity contribution in [3.8, 4) is 5.75 Å². The van der Waals surface area contributed by atoms with E-state index in [0.717, 1.165) is 21.8 Å². The number of carbonyl (C=O) groups excluding carboxylic acids is 2. The molecule has 1 heterocycles. The van der Waals surface area contributed by atoms with E-state index in [1.54, 1.807) is 30.3 Å². The number of benzene rings is 2. The van der Waals surface area contributed by atoms with Gasteiger partial charge in [-0.05, 0) is 48.2 Å². The van der Waals surface area contributed by atoms with E-state index < -0.39 is 5.91 Å². The lowest BCUT2D eigenvalue weighted by Crippen LogP contribution is -2.17. The van der Waals surface area contributed by atoms with Gasteiger partial charge in [0.05, 0.1) is 4.91 Å². The van der Waals surface area contributed by atoms with Crippen LogP contribution < -0.4 is 10.1 Å². The van der Waals surface area contributed by atoms with Crippen molar-refractivity contribution in [1.29, 1.82) is 0 Å². The smallest absolute Gasteiger partial charge is 0.290 e. The Morgan fingerprint density at radius 2 is 1.96 bits per heavy atom. The summed E-state index contributed by atoms with van der Waals surface area (Å²) in [4.78, 5) is 23.4. The lowest BCUT2D eigenvalue weighted by molar-refractivity contribution is -0.115. The van der Waals surface area contributed by atoms with Gasteiger partial charge in [0.2, 0.25) is 0 Å². The molecule has 2 amide bonds. The predicted molar refractivity (Wildman–Crippen MR) is 104 cm³/mol. The van der Waals surface area contributed by atoms with Crippen LogP contribution in [0.4, 0.5) is 4.79 Å². The summed E-state index contributed by atoms with van der Waals surface area (Å²) in [7, 11) is 0. The fraction of sp³-hybridized carbons (Fsp3) is 0.0588. The maximum Gasteiger partial charge on any atom is 0.290 e. The zero-order chi connectivity index (χ0) is 18.0. The zero-order valence-electron chi connectivity index (χ0n) is 12.5. The van der Waals surface area contributed by atoms with Crippen LogP contribution in [0.25, 0.3) is 6.08 Å². The molecule has 0 aromatic heterocycles. The Morgan fingerprint density at radius 1 is 1.16 bits per heavy atom. The molecule has 2 aromatic rings. The standard InChI is InChI=1S/C17H10BrCl2NO3S/c18-11-2-4-14(24-8-9-1-3-12(19)7-13(9)20)10(5-11)6-15-16(22)21-17(23)25-15/h1-7H,8H2,(H,21,22,23)/b15-6-. The Balaban J connectivity index is 1.85. The maximum atomic E-state index is 11.7. The third-order valence-corrected chi connectivity index (χ3v) is 5.19. The van der Waals surface area contributed by atoms with Crippen LogP contribution in [0.1, 0.15) is 11.1 Å². The minimum Gasteiger partial charge on any atom is -0.488 e. The topological polar surface area (TPSA) is 55.4 Å². The Bertz CT molecular complexity index is 901. The van der Waals surface area contributed by atoms with E-state index in [4.69, 9.17) is 27.9 Å². The van der Waals surface area contributed by atoms with Crippen LogP contribution in [0.5, 0.6) is 5.75 Å². The van der Waals surface area contributed by atoms with Gasteiger partial charge in [-0.2, -0.15) is 0 Å². The lowest BCUT2D eigenvalue weighted by Gasteiger charge is -2.11. The molecule has 0 unspecified atom stereocenters. The van der Waals surface area contributed by atoms with Crippen molar-refractivity contribution >= 4 is 68.1 Å². The van der Waals surface area contributed by atoms with Crippen molar-refractivity contribution in [2.45, 2.75) is 6.61 Å². The molecule has 8 heteroatoms. The number of rotatable bonds is 4. The first-order valence-electron chi connectivity index (χ1n) is 7.03. The van der Waals surface area contributed by atoms with Gasteiger partial charge in [0.25, 0.3) is 11.1 Å². The molecular weight excluding hydrogens is 449 g/mol. The Morgan fingerprint density at radius 3 is 2.64 bits per heavy atom. The van der Waals surface area contributed by atoms with Crippen LogP contribution in [0.2, 0.25) is 10.0 Å². The van der Waals surface area contributed by atoms with Crippen LogP contribution in [-0.4, -0.2) is 11.1 Å². The summed E-state index contributed by atoms with van der Waals surface area (Å²) in [6.07, 6.45) is 1.62. The maximum absolute atomic E-state index is 11.7. The summed E-state index contributed by atoms with van der Waals surface area (Å²) in [5, 5.41) is 2.91. The number of amides is 2. The van der Waals surface area contributed by atoms with Gasteiger partial charge in [0.15, 0.2) is 0 Å². The summed E-state index contributed by atoms with van der Waals surface area (Å²) < 4.78 is 6.68. The van der Waals surface area contributed by atoms with Gasteiger partial charge in [-0.3, -0.25) is 14.9 Å². The molecule has 1 aliphatic rings. The van der Waals surface area contributed by atoms with Gasteiger partial charge in [0, 0.05) is 25.6 Å². The SMILES string of the molecule is O=C1NC(=O)/C(=C/c2cc(Br)ccc2OCc2ccc(Cl)cc2Cl)S1. The fourth-order valence-electron chi connectivity index (χ4n) is 2.12. The highest BCUT2D eigenvalue weighted by Crippen LogP contribution is 2.32. The van der Waals surface area contributed by atoms with Crippen molar-refractivity contribution in [2.75, 3.05) is 0 Å². The number of ether oxygens (including phenoxy) is 1. The second-order valence-electron chi connectivity index (χ2n) is 5.06. The molecule has 1 saturated heterocycles. The second kappa shape index (κ2) is 7.83. The van der Waals surface area contributed by atoms with E-state index in [-0.39, 0.29) is 11.8 Å². The third kappa shape index (κ3) is 4.58. The average molecular weight is 459 g/mol. The zero-order valence-corrected chi connectivity index (χ0v) is 16.4. The van der Waals surface area contributed by atoms with Crippen molar-refractivity contribution in [2.24, 2.45) is 0 Å². The van der Waals surface area contributed by atoms with Crippen LogP contribution >= 0.6 is 50.9 Å². The average Bonchev–Trinajstić information content (AvgIpc) is 2.85. The number of halogens is 3. The van der Waals surface area contributed by atoms with E-state index in [9.17, 15) is 9.59 Å². The number of hydrogen-bond acceptors (Lipinski definition) is 4. The summed E-state index contributed by atoms with van der Waals surface area (Å²) in [6, 6.07) is 10.6. The van der Waals surface area contributed by atoms with E-state index in [1.165, 1.54) is 0 Å². The van der Waals surface area contributed by atoms with Crippen molar-refractivity contribution in [1.82, 2.24) is 5.32 Å². The minimum atomic E-state index is -0.415. The normalized spacial score (nSPS) is 15.6. The van der Waals surface area contributed by atoms with Crippen molar-refractivity contribution in [3.05, 3.63) is 66.9 Å². The van der Waals surface area contributed by atoms with Crippen LogP contribution in [0, 0.1) is 0 Å². The highest BCUT2D eigenvalue weighted by molar-refractivity contribution is 9.10. The Hall–Kier alpha value is -1.47. The summed E-state index contributed by atoms with van der Waals surface area (Å²) in [5.41, 5.74) is 1.46. The number of imide groups is 1. The molecule has 2 aromatic carbocycles. The highest BCUT2D eigenvalue weighted by atomic mass is 79.9. The number of hydrogen-bond donors (Lipinski definition) is 1. The molecule has 0 saturated carbocycles. The molecule has 0 bridgehead atoms. The molecule has 1 N–H and O–H groups in total. The van der Waals surface area contributed by atoms with Gasteiger partial charge in [-0.25, -0.2) is 0 Å². The quantitative estimate of drug-likeness (QED) is 0.600. The Kier molecular flexibility index (Phi) is 5.74. The Labute approximate surface area is 166 Å². The molecule has 128 valence electrons. The molecule has 4 nitrogen and oxygen atoms in total. The highest BCUT2D eigenvalue weighted by Gasteiger charge is 2.25. The van der Waals surface area contributed by atoms with Crippen molar-refractivity contribution in [3.63, 3.8) is 0 Å². The number of nitrogens with one attached hydrogen (secondary N) is 1. The number of thioether (sulfide) groups is 1. The van der Waals surface area contributed by atoms with E-state index in [0.29, 0.717) is 26.3 Å². The van der Waals surface area contributed by atoms with Crippen LogP contribution in [0.3, 0.4) is 0 Å². The first-order chi connectivity index (χ1) is 11.9. The summed E-state index contributed by atoms with van der Waals surface area (Å²) in [6.45, 7) is 0.242. The van der Waals surface area contributed by atoms with Gasteiger partial charge in [-0.15, -0.1) is 0 Å². The molecule has 0 atom stereocenters. The molecule has 0 spiro atoms. The summed E-state index contributed by atoms with van der Waals surface area (Å²) >= 11 is 16.3. The second-order valence-corrected chi connectivity index (χ2v) is 7.83. The molecule has 0 aliphatic carbocycles. The first-order valence-corrected chi connectivity index (χ1v) is 9.40. The fourth-order valence-corrected chi connectivity index (χ4v) is 3.64. The van der Waals surface area contributed by atoms with Crippen LogP contribution in [-0.2, 0) is 11.4 Å². The first kappa shape index (κ1) is 18.3. The van der Waals surface area contributed by atoms with Gasteiger partial charge < -0.3 is 4.74 Å². The van der Waals surface area contributed by atoms with E-state index in [1.807, 2.05) is 12.1 Å². The van der Waals surface area contributed by atoms with E-state index >= 15 is 0 Å². The molecule has 1 aliphatic heterocycles. The largest absolute Gasteiger partial charge is 0.488 e. The third-order valence-electron chi connectivity index (χ3n) is 3.30. The van der Waals surface area contributed by atoms with E-state index in [2.05, 4.69) is 21.2 Å². The minimum absolute atomic E-state index is 0.242. The molecule has 1 fully saturated rings.